The van der Waals surface area contributed by atoms with Gasteiger partial charge < -0.3 is 10.4 Å². The third kappa shape index (κ3) is 3.05. The smallest absolute Gasteiger partial charge is 0.0771 e. The highest BCUT2D eigenvalue weighted by Gasteiger charge is 2.33. The minimum Gasteiger partial charge on any atom is -0.389 e. The van der Waals surface area contributed by atoms with Crippen LogP contribution < -0.4 is 5.32 Å². The van der Waals surface area contributed by atoms with Gasteiger partial charge in [-0.3, -0.25) is 0 Å². The second-order valence-corrected chi connectivity index (χ2v) is 4.49. The van der Waals surface area contributed by atoms with Gasteiger partial charge in [-0.25, -0.2) is 0 Å². The van der Waals surface area contributed by atoms with Crippen molar-refractivity contribution in [1.82, 2.24) is 5.32 Å². The maximum atomic E-state index is 9.84. The van der Waals surface area contributed by atoms with Gasteiger partial charge in [0.25, 0.3) is 0 Å². The van der Waals surface area contributed by atoms with E-state index in [0.717, 1.165) is 32.4 Å². The van der Waals surface area contributed by atoms with E-state index in [4.69, 9.17) is 0 Å². The molecule has 0 atom stereocenters. The number of hydrogen-bond acceptors (Lipinski definition) is 2. The van der Waals surface area contributed by atoms with Gasteiger partial charge in [-0.15, -0.1) is 0 Å². The molecule has 0 bridgehead atoms. The van der Waals surface area contributed by atoms with E-state index in [1.165, 1.54) is 12.0 Å². The van der Waals surface area contributed by atoms with Gasteiger partial charge >= 0.3 is 0 Å². The van der Waals surface area contributed by atoms with Gasteiger partial charge in [-0.1, -0.05) is 30.3 Å². The Bertz CT molecular complexity index is 293. The number of hydrogen-bond donors (Lipinski definition) is 2. The van der Waals surface area contributed by atoms with E-state index in [9.17, 15) is 5.11 Å². The Labute approximate surface area is 91.3 Å². The van der Waals surface area contributed by atoms with Crippen molar-refractivity contribution >= 4 is 0 Å². The van der Waals surface area contributed by atoms with Crippen molar-refractivity contribution in [3.05, 3.63) is 35.9 Å². The summed E-state index contributed by atoms with van der Waals surface area (Å²) in [5.74, 6) is 0. The van der Waals surface area contributed by atoms with E-state index in [-0.39, 0.29) is 0 Å². The summed E-state index contributed by atoms with van der Waals surface area (Å²) >= 11 is 0. The highest BCUT2D eigenvalue weighted by molar-refractivity contribution is 5.14. The van der Waals surface area contributed by atoms with Crippen LogP contribution >= 0.6 is 0 Å². The van der Waals surface area contributed by atoms with Crippen molar-refractivity contribution in [3.63, 3.8) is 0 Å². The molecule has 0 amide bonds. The summed E-state index contributed by atoms with van der Waals surface area (Å²) in [5, 5.41) is 13.2. The highest BCUT2D eigenvalue weighted by Crippen LogP contribution is 2.30. The molecule has 1 aromatic rings. The summed E-state index contributed by atoms with van der Waals surface area (Å²) in [6.45, 7) is 1.70. The van der Waals surface area contributed by atoms with Crippen LogP contribution in [0.2, 0.25) is 0 Å². The Morgan fingerprint density at radius 3 is 2.53 bits per heavy atom. The van der Waals surface area contributed by atoms with Crippen LogP contribution in [0, 0.1) is 0 Å². The van der Waals surface area contributed by atoms with Crippen molar-refractivity contribution in [2.45, 2.75) is 31.3 Å². The molecule has 0 radical (unpaired) electrons. The Morgan fingerprint density at radius 2 is 1.93 bits per heavy atom. The van der Waals surface area contributed by atoms with Crippen LogP contribution in [0.25, 0.3) is 0 Å². The summed E-state index contributed by atoms with van der Waals surface area (Å²) in [5.41, 5.74) is 0.960. The van der Waals surface area contributed by atoms with E-state index in [1.54, 1.807) is 0 Å². The minimum atomic E-state index is -0.392. The lowest BCUT2D eigenvalue weighted by Crippen LogP contribution is -2.46. The molecule has 82 valence electrons. The zero-order chi connectivity index (χ0) is 10.6. The molecule has 15 heavy (non-hydrogen) atoms. The second-order valence-electron chi connectivity index (χ2n) is 4.49. The molecule has 1 fully saturated rings. The van der Waals surface area contributed by atoms with Crippen LogP contribution in [0.5, 0.6) is 0 Å². The molecule has 0 heterocycles. The number of benzene rings is 1. The number of aliphatic hydroxyl groups is 1. The van der Waals surface area contributed by atoms with Crippen molar-refractivity contribution in [2.75, 3.05) is 13.1 Å². The van der Waals surface area contributed by atoms with Crippen LogP contribution in [0.1, 0.15) is 24.8 Å². The molecule has 0 aliphatic heterocycles. The number of nitrogens with one attached hydrogen (secondary N) is 1. The van der Waals surface area contributed by atoms with E-state index >= 15 is 0 Å². The molecule has 0 unspecified atom stereocenters. The predicted molar refractivity (Wildman–Crippen MR) is 61.8 cm³/mol. The van der Waals surface area contributed by atoms with Crippen LogP contribution in [0.15, 0.2) is 30.3 Å². The first kappa shape index (κ1) is 10.7. The van der Waals surface area contributed by atoms with Gasteiger partial charge in [0.2, 0.25) is 0 Å². The fraction of sp³-hybridized carbons (Fsp3) is 0.538. The molecule has 1 aromatic carbocycles. The van der Waals surface area contributed by atoms with E-state index < -0.39 is 5.60 Å². The fourth-order valence-electron chi connectivity index (χ4n) is 1.96. The monoisotopic (exact) mass is 205 g/mol. The minimum absolute atomic E-state index is 0.392. The SMILES string of the molecule is OC1(CNCCc2ccccc2)CCC1. The molecule has 1 aliphatic rings. The summed E-state index contributed by atoms with van der Waals surface area (Å²) in [6.07, 6.45) is 4.14. The Balaban J connectivity index is 1.63. The molecule has 2 heteroatoms. The average Bonchev–Trinajstić information content (AvgIpc) is 2.23. The van der Waals surface area contributed by atoms with E-state index in [2.05, 4.69) is 29.6 Å². The first-order chi connectivity index (χ1) is 7.29. The van der Waals surface area contributed by atoms with Crippen LogP contribution in [0.3, 0.4) is 0 Å². The summed E-state index contributed by atoms with van der Waals surface area (Å²) in [6, 6.07) is 10.4. The molecule has 2 rings (SSSR count). The van der Waals surface area contributed by atoms with Crippen molar-refractivity contribution < 1.29 is 5.11 Å². The average molecular weight is 205 g/mol. The molecule has 0 aromatic heterocycles. The fourth-order valence-corrected chi connectivity index (χ4v) is 1.96. The van der Waals surface area contributed by atoms with Gasteiger partial charge in [-0.2, -0.15) is 0 Å². The first-order valence-electron chi connectivity index (χ1n) is 5.76. The normalized spacial score (nSPS) is 18.5. The van der Waals surface area contributed by atoms with Crippen molar-refractivity contribution in [2.24, 2.45) is 0 Å². The molecule has 1 saturated carbocycles. The zero-order valence-corrected chi connectivity index (χ0v) is 9.08. The standard InChI is InChI=1S/C13H19NO/c15-13(8-4-9-13)11-14-10-7-12-5-2-1-3-6-12/h1-3,5-6,14-15H,4,7-11H2. The topological polar surface area (TPSA) is 32.3 Å². The Hall–Kier alpha value is -0.860. The quantitative estimate of drug-likeness (QED) is 0.718. The number of rotatable bonds is 5. The lowest BCUT2D eigenvalue weighted by atomic mass is 9.80. The maximum Gasteiger partial charge on any atom is 0.0771 e. The largest absolute Gasteiger partial charge is 0.389 e. The summed E-state index contributed by atoms with van der Waals surface area (Å²) in [4.78, 5) is 0. The lowest BCUT2D eigenvalue weighted by molar-refractivity contribution is -0.0310. The third-order valence-corrected chi connectivity index (χ3v) is 3.17. The Kier molecular flexibility index (Phi) is 3.39. The summed E-state index contributed by atoms with van der Waals surface area (Å²) in [7, 11) is 0. The van der Waals surface area contributed by atoms with Gasteiger partial charge in [0.1, 0.15) is 0 Å². The Morgan fingerprint density at radius 1 is 1.20 bits per heavy atom. The summed E-state index contributed by atoms with van der Waals surface area (Å²) < 4.78 is 0. The van der Waals surface area contributed by atoms with Crippen LogP contribution in [-0.2, 0) is 6.42 Å². The van der Waals surface area contributed by atoms with Crippen molar-refractivity contribution in [1.29, 1.82) is 0 Å². The van der Waals surface area contributed by atoms with Gasteiger partial charge in [-0.05, 0) is 37.8 Å². The predicted octanol–water partition coefficient (Wildman–Crippen LogP) is 1.73. The van der Waals surface area contributed by atoms with Crippen LogP contribution in [0.4, 0.5) is 0 Å². The molecular weight excluding hydrogens is 186 g/mol. The van der Waals surface area contributed by atoms with Gasteiger partial charge in [0, 0.05) is 6.54 Å². The third-order valence-electron chi connectivity index (χ3n) is 3.17. The molecule has 2 nitrogen and oxygen atoms in total. The molecule has 2 N–H and O–H groups in total. The first-order valence-corrected chi connectivity index (χ1v) is 5.76. The highest BCUT2D eigenvalue weighted by atomic mass is 16.3. The molecule has 1 aliphatic carbocycles. The lowest BCUT2D eigenvalue weighted by Gasteiger charge is -2.36. The molecule has 0 saturated heterocycles. The molecule has 0 spiro atoms. The van der Waals surface area contributed by atoms with Crippen LogP contribution in [-0.4, -0.2) is 23.8 Å². The second kappa shape index (κ2) is 4.77. The van der Waals surface area contributed by atoms with E-state index in [1.807, 2.05) is 6.07 Å². The maximum absolute atomic E-state index is 9.84. The van der Waals surface area contributed by atoms with Crippen molar-refractivity contribution in [3.8, 4) is 0 Å². The zero-order valence-electron chi connectivity index (χ0n) is 9.08. The van der Waals surface area contributed by atoms with Gasteiger partial charge in [0.05, 0.1) is 5.60 Å². The van der Waals surface area contributed by atoms with Gasteiger partial charge in [0.15, 0.2) is 0 Å². The van der Waals surface area contributed by atoms with E-state index in [0.29, 0.717) is 0 Å². The molecular formula is C13H19NO.